The summed E-state index contributed by atoms with van der Waals surface area (Å²) in [6.45, 7) is 3.61. The lowest BCUT2D eigenvalue weighted by molar-refractivity contribution is 0.0733. The summed E-state index contributed by atoms with van der Waals surface area (Å²) in [7, 11) is -3.69. The fourth-order valence-corrected chi connectivity index (χ4v) is 3.89. The van der Waals surface area contributed by atoms with Gasteiger partial charge in [-0.3, -0.25) is 4.79 Å². The quantitative estimate of drug-likeness (QED) is 0.432. The molecule has 0 radical (unpaired) electrons. The van der Waals surface area contributed by atoms with Gasteiger partial charge in [-0.15, -0.1) is 0 Å². The van der Waals surface area contributed by atoms with Crippen molar-refractivity contribution >= 4 is 27.6 Å². The van der Waals surface area contributed by atoms with Crippen LogP contribution in [0, 0.1) is 6.92 Å². The maximum Gasteiger partial charge on any atom is 0.343 e. The lowest BCUT2D eigenvalue weighted by Gasteiger charge is -2.11. The summed E-state index contributed by atoms with van der Waals surface area (Å²) in [6.07, 6.45) is 0. The number of nitrogens with one attached hydrogen (secondary N) is 2. The van der Waals surface area contributed by atoms with Crippen molar-refractivity contribution in [2.75, 3.05) is 11.9 Å². The minimum Gasteiger partial charge on any atom is -0.423 e. The van der Waals surface area contributed by atoms with Crippen LogP contribution >= 0.6 is 0 Å². The van der Waals surface area contributed by atoms with E-state index in [1.807, 2.05) is 6.07 Å². The van der Waals surface area contributed by atoms with Gasteiger partial charge < -0.3 is 10.1 Å². The molecule has 0 aliphatic rings. The molecule has 31 heavy (non-hydrogen) atoms. The highest BCUT2D eigenvalue weighted by molar-refractivity contribution is 7.89. The Hall–Kier alpha value is -3.49. The summed E-state index contributed by atoms with van der Waals surface area (Å²) in [4.78, 5) is 24.8. The summed E-state index contributed by atoms with van der Waals surface area (Å²) >= 11 is 0. The zero-order valence-corrected chi connectivity index (χ0v) is 17.9. The molecule has 0 unspecified atom stereocenters. The van der Waals surface area contributed by atoms with Crippen LogP contribution in [0.15, 0.2) is 77.7 Å². The van der Waals surface area contributed by atoms with Gasteiger partial charge in [0, 0.05) is 17.8 Å². The summed E-state index contributed by atoms with van der Waals surface area (Å²) in [5, 5.41) is 2.76. The molecule has 0 bridgehead atoms. The number of anilines is 1. The van der Waals surface area contributed by atoms with Gasteiger partial charge in [-0.2, -0.15) is 0 Å². The van der Waals surface area contributed by atoms with Crippen molar-refractivity contribution in [2.24, 2.45) is 0 Å². The van der Waals surface area contributed by atoms with E-state index in [2.05, 4.69) is 10.0 Å². The van der Waals surface area contributed by atoms with Gasteiger partial charge in [0.05, 0.1) is 10.5 Å². The van der Waals surface area contributed by atoms with E-state index in [1.165, 1.54) is 12.1 Å². The first-order valence-electron chi connectivity index (χ1n) is 9.59. The van der Waals surface area contributed by atoms with Gasteiger partial charge in [0.1, 0.15) is 5.75 Å². The molecule has 0 saturated carbocycles. The molecule has 0 aliphatic carbocycles. The average Bonchev–Trinajstić information content (AvgIpc) is 2.75. The number of esters is 1. The molecule has 3 aromatic rings. The molecular formula is C23H22N2O5S. The van der Waals surface area contributed by atoms with Crippen LogP contribution in [0.1, 0.15) is 33.2 Å². The summed E-state index contributed by atoms with van der Waals surface area (Å²) in [5.74, 6) is -0.658. The average molecular weight is 439 g/mol. The highest BCUT2D eigenvalue weighted by atomic mass is 32.2. The molecule has 0 aliphatic heterocycles. The number of hydrogen-bond acceptors (Lipinski definition) is 5. The molecule has 8 heteroatoms. The van der Waals surface area contributed by atoms with Crippen molar-refractivity contribution < 1.29 is 22.7 Å². The number of ether oxygens (including phenoxy) is 1. The van der Waals surface area contributed by atoms with Crippen LogP contribution in [-0.4, -0.2) is 26.8 Å². The molecule has 3 rings (SSSR count). The van der Waals surface area contributed by atoms with Crippen molar-refractivity contribution in [3.63, 3.8) is 0 Å². The molecule has 3 aromatic carbocycles. The van der Waals surface area contributed by atoms with E-state index in [-0.39, 0.29) is 28.7 Å². The van der Waals surface area contributed by atoms with Crippen molar-refractivity contribution in [3.8, 4) is 5.75 Å². The monoisotopic (exact) mass is 438 g/mol. The summed E-state index contributed by atoms with van der Waals surface area (Å²) in [5.41, 5.74) is 1.82. The predicted octanol–water partition coefficient (Wildman–Crippen LogP) is 3.76. The first-order valence-corrected chi connectivity index (χ1v) is 11.1. The van der Waals surface area contributed by atoms with E-state index in [0.29, 0.717) is 16.8 Å². The molecule has 0 atom stereocenters. The van der Waals surface area contributed by atoms with Gasteiger partial charge in [-0.1, -0.05) is 31.2 Å². The Kier molecular flexibility index (Phi) is 6.84. The van der Waals surface area contributed by atoms with E-state index in [1.54, 1.807) is 68.4 Å². The topological polar surface area (TPSA) is 102 Å². The van der Waals surface area contributed by atoms with Gasteiger partial charge in [0.15, 0.2) is 0 Å². The number of aryl methyl sites for hydroxylation is 1. The Morgan fingerprint density at radius 2 is 1.61 bits per heavy atom. The van der Waals surface area contributed by atoms with E-state index in [9.17, 15) is 18.0 Å². The van der Waals surface area contributed by atoms with Crippen LogP contribution in [0.5, 0.6) is 5.75 Å². The second kappa shape index (κ2) is 9.55. The molecule has 0 spiro atoms. The van der Waals surface area contributed by atoms with Crippen molar-refractivity contribution in [2.45, 2.75) is 18.7 Å². The second-order valence-electron chi connectivity index (χ2n) is 6.71. The van der Waals surface area contributed by atoms with E-state index < -0.39 is 16.0 Å². The molecular weight excluding hydrogens is 416 g/mol. The Balaban J connectivity index is 1.72. The zero-order valence-electron chi connectivity index (χ0n) is 17.1. The fourth-order valence-electron chi connectivity index (χ4n) is 2.82. The number of hydrogen-bond donors (Lipinski definition) is 2. The number of rotatable bonds is 7. The number of benzene rings is 3. The Labute approximate surface area is 181 Å². The lowest BCUT2D eigenvalue weighted by Crippen LogP contribution is -2.23. The maximum atomic E-state index is 12.6. The van der Waals surface area contributed by atoms with Gasteiger partial charge in [-0.05, 0) is 61.0 Å². The van der Waals surface area contributed by atoms with Crippen LogP contribution in [0.3, 0.4) is 0 Å². The highest BCUT2D eigenvalue weighted by Gasteiger charge is 2.18. The van der Waals surface area contributed by atoms with Crippen molar-refractivity contribution in [1.29, 1.82) is 0 Å². The van der Waals surface area contributed by atoms with Gasteiger partial charge in [-0.25, -0.2) is 17.9 Å². The van der Waals surface area contributed by atoms with Gasteiger partial charge >= 0.3 is 5.97 Å². The maximum absolute atomic E-state index is 12.6. The molecule has 0 fully saturated rings. The SMILES string of the molecule is CCNS(=O)(=O)c1ccc(C)c(C(=O)Oc2ccc(NC(=O)c3ccccc3)cc2)c1. The molecule has 0 aromatic heterocycles. The molecule has 0 saturated heterocycles. The molecule has 1 amide bonds. The summed E-state index contributed by atoms with van der Waals surface area (Å²) in [6, 6.07) is 19.4. The van der Waals surface area contributed by atoms with Crippen LogP contribution in [0.4, 0.5) is 5.69 Å². The molecule has 0 heterocycles. The third kappa shape index (κ3) is 5.56. The van der Waals surface area contributed by atoms with Crippen LogP contribution < -0.4 is 14.8 Å². The van der Waals surface area contributed by atoms with E-state index in [4.69, 9.17) is 4.74 Å². The standard InChI is InChI=1S/C23H22N2O5S/c1-3-24-31(28,29)20-14-9-16(2)21(15-20)23(27)30-19-12-10-18(11-13-19)25-22(26)17-7-5-4-6-8-17/h4-15,24H,3H2,1-2H3,(H,25,26). The van der Waals surface area contributed by atoms with E-state index in [0.717, 1.165) is 0 Å². The Morgan fingerprint density at radius 1 is 0.935 bits per heavy atom. The van der Waals surface area contributed by atoms with Crippen molar-refractivity contribution in [1.82, 2.24) is 4.72 Å². The third-order valence-corrected chi connectivity index (χ3v) is 5.98. The van der Waals surface area contributed by atoms with Crippen LogP contribution in [0.25, 0.3) is 0 Å². The van der Waals surface area contributed by atoms with Crippen LogP contribution in [0.2, 0.25) is 0 Å². The van der Waals surface area contributed by atoms with E-state index >= 15 is 0 Å². The minimum atomic E-state index is -3.69. The molecule has 160 valence electrons. The highest BCUT2D eigenvalue weighted by Crippen LogP contribution is 2.21. The molecule has 2 N–H and O–H groups in total. The lowest BCUT2D eigenvalue weighted by atomic mass is 10.1. The van der Waals surface area contributed by atoms with Crippen molar-refractivity contribution in [3.05, 3.63) is 89.5 Å². The summed E-state index contributed by atoms with van der Waals surface area (Å²) < 4.78 is 32.2. The minimum absolute atomic E-state index is 0.00845. The first-order chi connectivity index (χ1) is 14.8. The number of amides is 1. The number of carbonyl (C=O) groups excluding carboxylic acids is 2. The fraction of sp³-hybridized carbons (Fsp3) is 0.130. The normalized spacial score (nSPS) is 11.0. The third-order valence-electron chi connectivity index (χ3n) is 4.43. The first kappa shape index (κ1) is 22.2. The van der Waals surface area contributed by atoms with Crippen LogP contribution in [-0.2, 0) is 10.0 Å². The smallest absolute Gasteiger partial charge is 0.343 e. The largest absolute Gasteiger partial charge is 0.423 e. The Bertz CT molecular complexity index is 1190. The van der Waals surface area contributed by atoms with Gasteiger partial charge in [0.2, 0.25) is 10.0 Å². The predicted molar refractivity (Wildman–Crippen MR) is 118 cm³/mol. The Morgan fingerprint density at radius 3 is 2.26 bits per heavy atom. The molecule has 7 nitrogen and oxygen atoms in total. The second-order valence-corrected chi connectivity index (χ2v) is 8.48. The van der Waals surface area contributed by atoms with Gasteiger partial charge in [0.25, 0.3) is 5.91 Å². The number of sulfonamides is 1. The number of carbonyl (C=O) groups is 2. The zero-order chi connectivity index (χ0) is 22.4.